The molecule has 8 heavy (non-hydrogen) atoms. The number of hydrogen-bond donors (Lipinski definition) is 0. The van der Waals surface area contributed by atoms with E-state index in [9.17, 15) is 0 Å². The summed E-state index contributed by atoms with van der Waals surface area (Å²) < 4.78 is 0. The number of hydrogen-bond acceptors (Lipinski definition) is 0. The Morgan fingerprint density at radius 2 is 2.12 bits per heavy atom. The molecule has 0 aliphatic heterocycles. The molecular formula is C8H12. The summed E-state index contributed by atoms with van der Waals surface area (Å²) in [7, 11) is 0. The molecule has 2 atom stereocenters. The maximum Gasteiger partial charge on any atom is -0.0319 e. The third-order valence-corrected chi connectivity index (χ3v) is 2.38. The van der Waals surface area contributed by atoms with Crippen molar-refractivity contribution < 1.29 is 0 Å². The van der Waals surface area contributed by atoms with E-state index in [1.807, 2.05) is 0 Å². The molecule has 0 aromatic heterocycles. The van der Waals surface area contributed by atoms with E-state index in [1.54, 1.807) is 0 Å². The second kappa shape index (κ2) is 1.61. The Bertz CT molecular complexity index is 113. The standard InChI is InChI=1S/C8H12/c1-2-4-7-6-8(7)5-3-1/h1-2,7-8H,3-6H2. The van der Waals surface area contributed by atoms with Crippen LogP contribution in [0.25, 0.3) is 0 Å². The Morgan fingerprint density at radius 1 is 1.12 bits per heavy atom. The molecule has 1 fully saturated rings. The molecule has 0 nitrogen and oxygen atoms in total. The molecule has 0 heterocycles. The fourth-order valence-electron chi connectivity index (χ4n) is 1.65. The summed E-state index contributed by atoms with van der Waals surface area (Å²) in [5, 5.41) is 0. The molecule has 2 rings (SSSR count). The summed E-state index contributed by atoms with van der Waals surface area (Å²) in [6.07, 6.45) is 10.4. The predicted molar refractivity (Wildman–Crippen MR) is 34.6 cm³/mol. The highest BCUT2D eigenvalue weighted by atomic mass is 14.4. The topological polar surface area (TPSA) is 0 Å². The van der Waals surface area contributed by atoms with Crippen molar-refractivity contribution in [2.75, 3.05) is 0 Å². The van der Waals surface area contributed by atoms with Crippen LogP contribution in [0.4, 0.5) is 0 Å². The summed E-state index contributed by atoms with van der Waals surface area (Å²) in [4.78, 5) is 0. The molecule has 0 saturated heterocycles. The van der Waals surface area contributed by atoms with Crippen molar-refractivity contribution >= 4 is 0 Å². The predicted octanol–water partition coefficient (Wildman–Crippen LogP) is 2.36. The summed E-state index contributed by atoms with van der Waals surface area (Å²) in [5.41, 5.74) is 0. The van der Waals surface area contributed by atoms with Crippen molar-refractivity contribution in [1.82, 2.24) is 0 Å². The van der Waals surface area contributed by atoms with E-state index < -0.39 is 0 Å². The Kier molecular flexibility index (Phi) is 0.927. The molecule has 0 amide bonds. The van der Waals surface area contributed by atoms with Crippen LogP contribution in [-0.2, 0) is 0 Å². The fraction of sp³-hybridized carbons (Fsp3) is 0.750. The maximum atomic E-state index is 2.36. The normalized spacial score (nSPS) is 43.0. The van der Waals surface area contributed by atoms with E-state index in [0.717, 1.165) is 11.8 Å². The highest BCUT2D eigenvalue weighted by Crippen LogP contribution is 2.46. The van der Waals surface area contributed by atoms with Gasteiger partial charge in [0.2, 0.25) is 0 Å². The zero-order valence-electron chi connectivity index (χ0n) is 5.14. The van der Waals surface area contributed by atoms with Gasteiger partial charge in [-0.25, -0.2) is 0 Å². The van der Waals surface area contributed by atoms with E-state index in [1.165, 1.54) is 25.7 Å². The average molecular weight is 108 g/mol. The van der Waals surface area contributed by atoms with Crippen LogP contribution in [0, 0.1) is 11.8 Å². The third-order valence-electron chi connectivity index (χ3n) is 2.38. The molecule has 0 aromatic carbocycles. The first-order chi connectivity index (χ1) is 3.97. The summed E-state index contributed by atoms with van der Waals surface area (Å²) in [5.74, 6) is 2.23. The highest BCUT2D eigenvalue weighted by Gasteiger charge is 2.35. The molecular weight excluding hydrogens is 96.1 g/mol. The van der Waals surface area contributed by atoms with Gasteiger partial charge in [0.05, 0.1) is 0 Å². The minimum absolute atomic E-state index is 1.11. The van der Waals surface area contributed by atoms with E-state index in [-0.39, 0.29) is 0 Å². The minimum Gasteiger partial charge on any atom is -0.0885 e. The Hall–Kier alpha value is -0.260. The van der Waals surface area contributed by atoms with Gasteiger partial charge >= 0.3 is 0 Å². The zero-order valence-corrected chi connectivity index (χ0v) is 5.14. The number of allylic oxidation sites excluding steroid dienone is 2. The Balaban J connectivity index is 2.00. The lowest BCUT2D eigenvalue weighted by Gasteiger charge is -1.86. The first kappa shape index (κ1) is 4.60. The van der Waals surface area contributed by atoms with E-state index >= 15 is 0 Å². The van der Waals surface area contributed by atoms with Gasteiger partial charge in [-0.1, -0.05) is 12.2 Å². The molecule has 0 N–H and O–H groups in total. The quantitative estimate of drug-likeness (QED) is 0.418. The maximum absolute atomic E-state index is 2.36. The summed E-state index contributed by atoms with van der Waals surface area (Å²) >= 11 is 0. The lowest BCUT2D eigenvalue weighted by Crippen LogP contribution is -1.75. The average Bonchev–Trinajstić information content (AvgIpc) is 2.36. The molecule has 0 radical (unpaired) electrons. The van der Waals surface area contributed by atoms with Gasteiger partial charge in [-0.05, 0) is 37.5 Å². The fourth-order valence-corrected chi connectivity index (χ4v) is 1.65. The second-order valence-corrected chi connectivity index (χ2v) is 3.04. The van der Waals surface area contributed by atoms with Crippen LogP contribution in [0.15, 0.2) is 12.2 Å². The highest BCUT2D eigenvalue weighted by molar-refractivity contribution is 4.98. The van der Waals surface area contributed by atoms with Gasteiger partial charge in [-0.3, -0.25) is 0 Å². The minimum atomic E-state index is 1.11. The van der Waals surface area contributed by atoms with Gasteiger partial charge in [0.25, 0.3) is 0 Å². The van der Waals surface area contributed by atoms with Crippen molar-refractivity contribution in [2.45, 2.75) is 25.7 Å². The largest absolute Gasteiger partial charge is 0.0885 e. The van der Waals surface area contributed by atoms with Crippen LogP contribution in [0.1, 0.15) is 25.7 Å². The first-order valence-electron chi connectivity index (χ1n) is 3.62. The monoisotopic (exact) mass is 108 g/mol. The van der Waals surface area contributed by atoms with Gasteiger partial charge < -0.3 is 0 Å². The SMILES string of the molecule is C1=CCC2CC2CC1. The lowest BCUT2D eigenvalue weighted by atomic mass is 10.2. The molecule has 2 aliphatic rings. The summed E-state index contributed by atoms with van der Waals surface area (Å²) in [6.45, 7) is 0. The van der Waals surface area contributed by atoms with Crippen LogP contribution in [0.5, 0.6) is 0 Å². The van der Waals surface area contributed by atoms with Crippen molar-refractivity contribution in [1.29, 1.82) is 0 Å². The van der Waals surface area contributed by atoms with Crippen LogP contribution in [-0.4, -0.2) is 0 Å². The van der Waals surface area contributed by atoms with E-state index in [2.05, 4.69) is 12.2 Å². The zero-order chi connectivity index (χ0) is 5.40. The molecule has 0 bridgehead atoms. The van der Waals surface area contributed by atoms with Gasteiger partial charge in [0.15, 0.2) is 0 Å². The Morgan fingerprint density at radius 3 is 3.12 bits per heavy atom. The van der Waals surface area contributed by atoms with Crippen LogP contribution >= 0.6 is 0 Å². The first-order valence-corrected chi connectivity index (χ1v) is 3.62. The molecule has 2 aliphatic carbocycles. The molecule has 44 valence electrons. The summed E-state index contributed by atoms with van der Waals surface area (Å²) in [6, 6.07) is 0. The van der Waals surface area contributed by atoms with Crippen molar-refractivity contribution in [2.24, 2.45) is 11.8 Å². The molecule has 1 saturated carbocycles. The van der Waals surface area contributed by atoms with Crippen LogP contribution in [0.3, 0.4) is 0 Å². The van der Waals surface area contributed by atoms with Crippen molar-refractivity contribution in [3.05, 3.63) is 12.2 Å². The Labute approximate surface area is 50.6 Å². The molecule has 0 heteroatoms. The molecule has 2 unspecified atom stereocenters. The molecule has 0 spiro atoms. The lowest BCUT2D eigenvalue weighted by molar-refractivity contribution is 0.676. The van der Waals surface area contributed by atoms with Crippen LogP contribution < -0.4 is 0 Å². The van der Waals surface area contributed by atoms with E-state index in [0.29, 0.717) is 0 Å². The van der Waals surface area contributed by atoms with Gasteiger partial charge in [-0.15, -0.1) is 0 Å². The smallest absolute Gasteiger partial charge is 0.0319 e. The van der Waals surface area contributed by atoms with Gasteiger partial charge in [-0.2, -0.15) is 0 Å². The number of fused-ring (bicyclic) bond motifs is 1. The van der Waals surface area contributed by atoms with Gasteiger partial charge in [0.1, 0.15) is 0 Å². The van der Waals surface area contributed by atoms with Gasteiger partial charge in [0, 0.05) is 0 Å². The number of rotatable bonds is 0. The van der Waals surface area contributed by atoms with Crippen LogP contribution in [0.2, 0.25) is 0 Å². The van der Waals surface area contributed by atoms with Crippen molar-refractivity contribution in [3.63, 3.8) is 0 Å². The van der Waals surface area contributed by atoms with Crippen molar-refractivity contribution in [3.8, 4) is 0 Å². The second-order valence-electron chi connectivity index (χ2n) is 3.04. The van der Waals surface area contributed by atoms with E-state index in [4.69, 9.17) is 0 Å². The third kappa shape index (κ3) is 0.683. The molecule has 0 aromatic rings.